The maximum atomic E-state index is 12.6. The van der Waals surface area contributed by atoms with Crippen LogP contribution >= 0.6 is 23.2 Å². The van der Waals surface area contributed by atoms with E-state index in [0.717, 1.165) is 56.7 Å². The van der Waals surface area contributed by atoms with E-state index >= 15 is 0 Å². The van der Waals surface area contributed by atoms with E-state index in [1.165, 1.54) is 6.42 Å². The predicted molar refractivity (Wildman–Crippen MR) is 134 cm³/mol. The standard InChI is InChI=1S/C26H31Cl2N3O3/c27-23-9-6-20(14-24(23)28)17-30-12-13-34-22(18-30)16-29-25(32)15-19-4-7-21(8-5-19)26(33)31-10-2-1-3-11-31/h4-9,14,22H,1-3,10-13,15-18H2,(H,29,32)/t22-/m0/s1. The number of carbonyl (C=O) groups excluding carboxylic acids is 2. The maximum absolute atomic E-state index is 12.6. The summed E-state index contributed by atoms with van der Waals surface area (Å²) < 4.78 is 5.84. The molecule has 0 aromatic heterocycles. The second-order valence-corrected chi connectivity index (χ2v) is 9.82. The molecule has 0 unspecified atom stereocenters. The molecule has 2 aromatic rings. The van der Waals surface area contributed by atoms with Crippen molar-refractivity contribution in [2.24, 2.45) is 0 Å². The minimum Gasteiger partial charge on any atom is -0.374 e. The summed E-state index contributed by atoms with van der Waals surface area (Å²) in [5.74, 6) is 0.0240. The van der Waals surface area contributed by atoms with Gasteiger partial charge < -0.3 is 15.0 Å². The molecular formula is C26H31Cl2N3O3. The van der Waals surface area contributed by atoms with Gasteiger partial charge in [0.25, 0.3) is 5.91 Å². The summed E-state index contributed by atoms with van der Waals surface area (Å²) in [7, 11) is 0. The van der Waals surface area contributed by atoms with Crippen molar-refractivity contribution >= 4 is 35.0 Å². The molecule has 2 aliphatic rings. The molecule has 0 saturated carbocycles. The molecule has 2 heterocycles. The van der Waals surface area contributed by atoms with Crippen LogP contribution < -0.4 is 5.32 Å². The van der Waals surface area contributed by atoms with Gasteiger partial charge in [-0.1, -0.05) is 41.4 Å². The van der Waals surface area contributed by atoms with Gasteiger partial charge in [0.15, 0.2) is 0 Å². The first-order valence-corrected chi connectivity index (χ1v) is 12.7. The van der Waals surface area contributed by atoms with Crippen LogP contribution in [0.5, 0.6) is 0 Å². The Morgan fingerprint density at radius 3 is 2.41 bits per heavy atom. The molecule has 6 nitrogen and oxygen atoms in total. The zero-order valence-corrected chi connectivity index (χ0v) is 20.8. The van der Waals surface area contributed by atoms with E-state index < -0.39 is 0 Å². The average Bonchev–Trinajstić information content (AvgIpc) is 2.86. The van der Waals surface area contributed by atoms with Gasteiger partial charge >= 0.3 is 0 Å². The Kier molecular flexibility index (Phi) is 8.84. The summed E-state index contributed by atoms with van der Waals surface area (Å²) in [5.41, 5.74) is 2.67. The Balaban J connectivity index is 1.21. The number of amides is 2. The Morgan fingerprint density at radius 1 is 0.941 bits per heavy atom. The van der Waals surface area contributed by atoms with Crippen LogP contribution in [0, 0.1) is 0 Å². The summed E-state index contributed by atoms with van der Waals surface area (Å²) in [5, 5.41) is 4.09. The lowest BCUT2D eigenvalue weighted by Gasteiger charge is -2.33. The van der Waals surface area contributed by atoms with Gasteiger partial charge in [0.1, 0.15) is 0 Å². The Labute approximate surface area is 211 Å². The molecule has 1 N–H and O–H groups in total. The highest BCUT2D eigenvalue weighted by atomic mass is 35.5. The van der Waals surface area contributed by atoms with Crippen LogP contribution in [0.25, 0.3) is 0 Å². The first-order chi connectivity index (χ1) is 16.5. The van der Waals surface area contributed by atoms with Crippen LogP contribution in [0.1, 0.15) is 40.7 Å². The Hall–Kier alpha value is -2.12. The topological polar surface area (TPSA) is 61.9 Å². The largest absolute Gasteiger partial charge is 0.374 e. The molecule has 34 heavy (non-hydrogen) atoms. The van der Waals surface area contributed by atoms with Crippen LogP contribution in [-0.4, -0.2) is 67.0 Å². The number of ether oxygens (including phenoxy) is 1. The summed E-state index contributed by atoms with van der Waals surface area (Å²) >= 11 is 12.1. The summed E-state index contributed by atoms with van der Waals surface area (Å²) in [4.78, 5) is 29.3. The van der Waals surface area contributed by atoms with Crippen LogP contribution in [-0.2, 0) is 22.5 Å². The monoisotopic (exact) mass is 503 g/mol. The first-order valence-electron chi connectivity index (χ1n) is 11.9. The molecule has 2 fully saturated rings. The molecule has 182 valence electrons. The lowest BCUT2D eigenvalue weighted by Crippen LogP contribution is -2.47. The Bertz CT molecular complexity index is 993. The third-order valence-corrected chi connectivity index (χ3v) is 7.09. The van der Waals surface area contributed by atoms with Gasteiger partial charge in [-0.2, -0.15) is 0 Å². The van der Waals surface area contributed by atoms with Crippen molar-refractivity contribution in [1.82, 2.24) is 15.1 Å². The summed E-state index contributed by atoms with van der Waals surface area (Å²) in [6, 6.07) is 13.1. The molecule has 8 heteroatoms. The van der Waals surface area contributed by atoms with Crippen molar-refractivity contribution in [2.75, 3.05) is 39.3 Å². The van der Waals surface area contributed by atoms with Gasteiger partial charge in [-0.15, -0.1) is 0 Å². The molecule has 2 aromatic carbocycles. The molecule has 2 aliphatic heterocycles. The number of hydrogen-bond donors (Lipinski definition) is 1. The quantitative estimate of drug-likeness (QED) is 0.615. The number of halogens is 2. The highest BCUT2D eigenvalue weighted by molar-refractivity contribution is 6.42. The zero-order valence-electron chi connectivity index (χ0n) is 19.3. The molecule has 4 rings (SSSR count). The highest BCUT2D eigenvalue weighted by Crippen LogP contribution is 2.23. The van der Waals surface area contributed by atoms with Gasteiger partial charge in [-0.25, -0.2) is 0 Å². The fourth-order valence-electron chi connectivity index (χ4n) is 4.46. The summed E-state index contributed by atoms with van der Waals surface area (Å²) in [6.07, 6.45) is 3.55. The van der Waals surface area contributed by atoms with Crippen molar-refractivity contribution in [2.45, 2.75) is 38.3 Å². The van der Waals surface area contributed by atoms with Gasteiger partial charge in [0, 0.05) is 44.8 Å². The van der Waals surface area contributed by atoms with E-state index in [1.54, 1.807) is 0 Å². The minimum absolute atomic E-state index is 0.0553. The van der Waals surface area contributed by atoms with Crippen molar-refractivity contribution in [3.05, 3.63) is 69.2 Å². The van der Waals surface area contributed by atoms with Crippen molar-refractivity contribution in [3.8, 4) is 0 Å². The Morgan fingerprint density at radius 2 is 1.68 bits per heavy atom. The maximum Gasteiger partial charge on any atom is 0.253 e. The number of likely N-dealkylation sites (tertiary alicyclic amines) is 1. The van der Waals surface area contributed by atoms with Crippen LogP contribution in [0.4, 0.5) is 0 Å². The molecular weight excluding hydrogens is 473 g/mol. The lowest BCUT2D eigenvalue weighted by molar-refractivity contribution is -0.121. The molecule has 0 spiro atoms. The molecule has 0 radical (unpaired) electrons. The zero-order chi connectivity index (χ0) is 23.9. The second kappa shape index (κ2) is 12.0. The predicted octanol–water partition coefficient (Wildman–Crippen LogP) is 4.18. The molecule has 2 saturated heterocycles. The third kappa shape index (κ3) is 6.95. The fourth-order valence-corrected chi connectivity index (χ4v) is 4.78. The minimum atomic E-state index is -0.0648. The molecule has 2 amide bonds. The van der Waals surface area contributed by atoms with Gasteiger partial charge in [-0.05, 0) is 54.7 Å². The number of hydrogen-bond acceptors (Lipinski definition) is 4. The normalized spacial score (nSPS) is 19.1. The number of nitrogens with zero attached hydrogens (tertiary/aromatic N) is 2. The van der Waals surface area contributed by atoms with E-state index in [4.69, 9.17) is 27.9 Å². The number of rotatable bonds is 7. The van der Waals surface area contributed by atoms with Crippen LogP contribution in [0.2, 0.25) is 10.0 Å². The van der Waals surface area contributed by atoms with Gasteiger partial charge in [-0.3, -0.25) is 14.5 Å². The first kappa shape index (κ1) is 25.0. The molecule has 0 bridgehead atoms. The van der Waals surface area contributed by atoms with Crippen LogP contribution in [0.15, 0.2) is 42.5 Å². The smallest absolute Gasteiger partial charge is 0.253 e. The highest BCUT2D eigenvalue weighted by Gasteiger charge is 2.22. The lowest BCUT2D eigenvalue weighted by atomic mass is 10.1. The fraction of sp³-hybridized carbons (Fsp3) is 0.462. The number of nitrogens with one attached hydrogen (secondary N) is 1. The van der Waals surface area contributed by atoms with Crippen LogP contribution in [0.3, 0.4) is 0 Å². The van der Waals surface area contributed by atoms with Gasteiger partial charge in [0.05, 0.1) is 29.2 Å². The average molecular weight is 504 g/mol. The van der Waals surface area contributed by atoms with E-state index in [0.29, 0.717) is 28.8 Å². The SMILES string of the molecule is O=C(Cc1ccc(C(=O)N2CCCCC2)cc1)NC[C@H]1CN(Cc2ccc(Cl)c(Cl)c2)CCO1. The molecule has 0 aliphatic carbocycles. The van der Waals surface area contributed by atoms with Gasteiger partial charge in [0.2, 0.25) is 5.91 Å². The van der Waals surface area contributed by atoms with Crippen molar-refractivity contribution in [3.63, 3.8) is 0 Å². The number of carbonyl (C=O) groups is 2. The number of morpholine rings is 1. The van der Waals surface area contributed by atoms with E-state index in [9.17, 15) is 9.59 Å². The summed E-state index contributed by atoms with van der Waals surface area (Å²) in [6.45, 7) is 5.05. The molecule has 1 atom stereocenters. The van der Waals surface area contributed by atoms with E-state index in [1.807, 2.05) is 47.4 Å². The van der Waals surface area contributed by atoms with E-state index in [2.05, 4.69) is 10.2 Å². The van der Waals surface area contributed by atoms with Crippen molar-refractivity contribution < 1.29 is 14.3 Å². The number of piperidine rings is 1. The second-order valence-electron chi connectivity index (χ2n) is 9.01. The third-order valence-electron chi connectivity index (χ3n) is 6.35. The van der Waals surface area contributed by atoms with E-state index in [-0.39, 0.29) is 24.3 Å². The van der Waals surface area contributed by atoms with Crippen molar-refractivity contribution in [1.29, 1.82) is 0 Å². The number of benzene rings is 2.